The van der Waals surface area contributed by atoms with Crippen molar-refractivity contribution in [1.29, 1.82) is 0 Å². The summed E-state index contributed by atoms with van der Waals surface area (Å²) in [6, 6.07) is 3.66. The molecule has 17 heteroatoms. The van der Waals surface area contributed by atoms with Gasteiger partial charge in [-0.2, -0.15) is 10.1 Å². The maximum absolute atomic E-state index is 13.2. The van der Waals surface area contributed by atoms with Crippen LogP contribution in [0, 0.1) is 0 Å². The number of amides is 2. The number of carboxylic acids is 1. The zero-order valence-corrected chi connectivity index (χ0v) is 29.0. The Labute approximate surface area is 302 Å². The fourth-order valence-electron chi connectivity index (χ4n) is 5.33. The molecule has 288 valence electrons. The molecule has 3 unspecified atom stereocenters. The molecular formula is C35H51N5O12. The minimum Gasteiger partial charge on any atom is -0.508 e. The number of hydrogen-bond acceptors (Lipinski definition) is 14. The number of nitrogens with zero attached hydrogens (tertiary/aromatic N) is 2. The van der Waals surface area contributed by atoms with E-state index in [0.29, 0.717) is 44.1 Å². The summed E-state index contributed by atoms with van der Waals surface area (Å²) in [7, 11) is 0. The Kier molecular flexibility index (Phi) is 18.4. The van der Waals surface area contributed by atoms with Crippen molar-refractivity contribution in [3.05, 3.63) is 66.3 Å². The number of allylic oxidation sites excluding steroid dienone is 3. The van der Waals surface area contributed by atoms with Crippen molar-refractivity contribution in [1.82, 2.24) is 26.1 Å². The molecule has 2 aliphatic heterocycles. The van der Waals surface area contributed by atoms with Gasteiger partial charge in [0.25, 0.3) is 0 Å². The molecule has 0 aliphatic carbocycles. The van der Waals surface area contributed by atoms with Crippen LogP contribution in [0.25, 0.3) is 0 Å². The number of unbranched alkanes of at least 4 members (excludes halogenated alkanes) is 2. The number of aliphatic hydroxyl groups excluding tert-OH is 2. The molecule has 2 aliphatic rings. The molecule has 0 aromatic heterocycles. The molecule has 6 atom stereocenters. The molecule has 1 saturated heterocycles. The molecule has 9 N–H and O–H groups in total. The monoisotopic (exact) mass is 733 g/mol. The highest BCUT2D eigenvalue weighted by molar-refractivity contribution is 5.88. The first-order valence-corrected chi connectivity index (χ1v) is 17.4. The fourth-order valence-corrected chi connectivity index (χ4v) is 5.33. The maximum atomic E-state index is 13.2. The van der Waals surface area contributed by atoms with E-state index < -0.39 is 60.6 Å². The third kappa shape index (κ3) is 14.8. The van der Waals surface area contributed by atoms with Crippen LogP contribution in [0.5, 0.6) is 5.75 Å². The number of phenolic OH excluding ortho intramolecular Hbond substituents is 1. The second kappa shape index (κ2) is 22.7. The van der Waals surface area contributed by atoms with Crippen molar-refractivity contribution in [2.24, 2.45) is 0 Å². The maximum Gasteiger partial charge on any atom is 0.328 e. The molecule has 0 spiro atoms. The van der Waals surface area contributed by atoms with Crippen LogP contribution in [0.2, 0.25) is 0 Å². The topological polar surface area (TPSA) is 251 Å². The summed E-state index contributed by atoms with van der Waals surface area (Å²) in [6.45, 7) is -0.124. The predicted molar refractivity (Wildman–Crippen MR) is 184 cm³/mol. The largest absolute Gasteiger partial charge is 0.508 e. The van der Waals surface area contributed by atoms with Gasteiger partial charge in [-0.3, -0.25) is 19.7 Å². The first-order valence-electron chi connectivity index (χ1n) is 17.4. The average Bonchev–Trinajstić information content (AvgIpc) is 3.55. The lowest BCUT2D eigenvalue weighted by Crippen LogP contribution is -2.50. The number of ether oxygens (including phenoxy) is 2. The van der Waals surface area contributed by atoms with E-state index >= 15 is 0 Å². The van der Waals surface area contributed by atoms with Gasteiger partial charge in [-0.1, -0.05) is 48.6 Å². The summed E-state index contributed by atoms with van der Waals surface area (Å²) in [5, 5.41) is 69.0. The van der Waals surface area contributed by atoms with Crippen molar-refractivity contribution in [2.45, 2.75) is 94.6 Å². The minimum atomic E-state index is -1.35. The molecule has 2 heterocycles. The number of aromatic hydroxyl groups is 1. The quantitative estimate of drug-likeness (QED) is 0.0283. The molecule has 2 amide bonds. The van der Waals surface area contributed by atoms with E-state index in [1.165, 1.54) is 12.1 Å². The van der Waals surface area contributed by atoms with Gasteiger partial charge in [0.2, 0.25) is 11.8 Å². The van der Waals surface area contributed by atoms with Gasteiger partial charge in [-0.05, 0) is 57.1 Å². The van der Waals surface area contributed by atoms with Crippen molar-refractivity contribution in [2.75, 3.05) is 26.3 Å². The van der Waals surface area contributed by atoms with E-state index in [4.69, 9.17) is 14.6 Å². The first kappa shape index (κ1) is 42.2. The van der Waals surface area contributed by atoms with Gasteiger partial charge in [-0.15, -0.1) is 0 Å². The summed E-state index contributed by atoms with van der Waals surface area (Å²) in [6.07, 6.45) is 9.36. The van der Waals surface area contributed by atoms with E-state index in [1.807, 2.05) is 6.08 Å². The number of phenols is 1. The number of hydroxylamine groups is 4. The Balaban J connectivity index is 1.49. The number of hydrogen-bond donors (Lipinski definition) is 9. The van der Waals surface area contributed by atoms with Crippen molar-refractivity contribution in [3.63, 3.8) is 0 Å². The van der Waals surface area contributed by atoms with Crippen molar-refractivity contribution >= 4 is 23.8 Å². The normalized spacial score (nSPS) is 22.0. The van der Waals surface area contributed by atoms with Crippen LogP contribution < -0.4 is 16.0 Å². The van der Waals surface area contributed by atoms with Gasteiger partial charge < -0.3 is 50.9 Å². The lowest BCUT2D eigenvalue weighted by molar-refractivity contribution is -0.199. The molecule has 3 rings (SSSR count). The highest BCUT2D eigenvalue weighted by atomic mass is 16.5. The smallest absolute Gasteiger partial charge is 0.328 e. The molecule has 0 bridgehead atoms. The van der Waals surface area contributed by atoms with E-state index in [2.05, 4.69) is 16.0 Å². The van der Waals surface area contributed by atoms with E-state index in [-0.39, 0.29) is 51.3 Å². The zero-order chi connectivity index (χ0) is 37.9. The van der Waals surface area contributed by atoms with Crippen LogP contribution in [0.4, 0.5) is 0 Å². The first-order chi connectivity index (χ1) is 25.0. The molecule has 1 fully saturated rings. The molecule has 52 heavy (non-hydrogen) atoms. The Bertz CT molecular complexity index is 1390. The van der Waals surface area contributed by atoms with Crippen LogP contribution in [0.1, 0.15) is 69.6 Å². The van der Waals surface area contributed by atoms with Gasteiger partial charge in [0.05, 0.1) is 19.1 Å². The van der Waals surface area contributed by atoms with Gasteiger partial charge in [0, 0.05) is 25.1 Å². The van der Waals surface area contributed by atoms with E-state index in [1.54, 1.807) is 42.5 Å². The number of carboxylic acid groups (broad SMARTS) is 1. The van der Waals surface area contributed by atoms with Crippen LogP contribution in [0.15, 0.2) is 60.7 Å². The van der Waals surface area contributed by atoms with Crippen molar-refractivity contribution in [3.8, 4) is 5.75 Å². The molecule has 0 radical (unpaired) electrons. The second-order valence-corrected chi connectivity index (χ2v) is 12.3. The Morgan fingerprint density at radius 3 is 2.62 bits per heavy atom. The predicted octanol–water partition coefficient (Wildman–Crippen LogP) is 1.19. The molecule has 1 aromatic rings. The number of aliphatic hydroxyl groups is 2. The zero-order valence-electron chi connectivity index (χ0n) is 29.0. The second-order valence-electron chi connectivity index (χ2n) is 12.3. The minimum absolute atomic E-state index is 0.00883. The summed E-state index contributed by atoms with van der Waals surface area (Å²) in [4.78, 5) is 49.4. The number of aliphatic carboxylic acids is 1. The lowest BCUT2D eigenvalue weighted by atomic mass is 10.1. The lowest BCUT2D eigenvalue weighted by Gasteiger charge is -2.25. The third-order valence-corrected chi connectivity index (χ3v) is 8.25. The summed E-state index contributed by atoms with van der Waals surface area (Å²) in [5.74, 6) is -2.76. The number of esters is 1. The van der Waals surface area contributed by atoms with Gasteiger partial charge in [-0.25, -0.2) is 4.79 Å². The molecule has 17 nitrogen and oxygen atoms in total. The van der Waals surface area contributed by atoms with Gasteiger partial charge in [0.15, 0.2) is 6.23 Å². The number of benzene rings is 1. The van der Waals surface area contributed by atoms with Gasteiger partial charge >= 0.3 is 11.9 Å². The SMILES string of the molecule is O=C(O)CC/C=C\CC/C=C\C(O)N(O)CCCC[C@H](NC(=O)[C@@H]1COC(c2ccccc2O)N1)C(=O)OCCC(=O)N[C@H]1C=CCCN(O)C1O. The highest BCUT2D eigenvalue weighted by Gasteiger charge is 2.34. The third-order valence-electron chi connectivity index (χ3n) is 8.25. The Morgan fingerprint density at radius 2 is 1.85 bits per heavy atom. The molecule has 1 aromatic carbocycles. The average molecular weight is 734 g/mol. The number of rotatable bonds is 21. The Hall–Kier alpha value is -4.20. The molecule has 0 saturated carbocycles. The van der Waals surface area contributed by atoms with Crippen LogP contribution >= 0.6 is 0 Å². The summed E-state index contributed by atoms with van der Waals surface area (Å²) < 4.78 is 11.0. The molecular weight excluding hydrogens is 682 g/mol. The highest BCUT2D eigenvalue weighted by Crippen LogP contribution is 2.28. The van der Waals surface area contributed by atoms with Crippen LogP contribution in [0.3, 0.4) is 0 Å². The number of carbonyl (C=O) groups excluding carboxylic acids is 3. The summed E-state index contributed by atoms with van der Waals surface area (Å²) >= 11 is 0. The van der Waals surface area contributed by atoms with Crippen LogP contribution in [-0.4, -0.2) is 122 Å². The van der Waals surface area contributed by atoms with Gasteiger partial charge in [0.1, 0.15) is 36.9 Å². The summed E-state index contributed by atoms with van der Waals surface area (Å²) in [5.41, 5.74) is 0.445. The van der Waals surface area contributed by atoms with E-state index in [9.17, 15) is 44.9 Å². The number of carbonyl (C=O) groups is 4. The number of nitrogens with one attached hydrogen (secondary N) is 3. The Morgan fingerprint density at radius 1 is 1.10 bits per heavy atom. The van der Waals surface area contributed by atoms with E-state index in [0.717, 1.165) is 10.1 Å². The number of para-hydroxylation sites is 1. The standard InChI is InChI=1S/C35H51N5O12/c41-28-16-8-7-13-24(28)33-38-27(23-52-33)32(46)37-26(35(48)51-22-19-29(42)36-25-14-9-12-21-40(50)34(25)47)15-10-11-20-39(49)30(43)17-5-3-1-2-4-6-18-31(44)45/h2,4-5,7-9,13-14,16-17,25-27,30,33-34,38,41,43,47,49-50H,1,3,6,10-12,15,18-23H2,(H,36,42)(H,37,46)(H,44,45)/b4-2-,17-5-/t25-,26-,27-,30?,33?,34?/m0/s1. The van der Waals surface area contributed by atoms with Crippen molar-refractivity contribution < 1.29 is 59.5 Å². The fraction of sp³-hybridized carbons (Fsp3) is 0.543. The van der Waals surface area contributed by atoms with Crippen LogP contribution in [-0.2, 0) is 28.7 Å².